The number of aromatic amines is 1. The van der Waals surface area contributed by atoms with Gasteiger partial charge in [-0.1, -0.05) is 23.4 Å². The lowest BCUT2D eigenvalue weighted by Gasteiger charge is -2.04. The van der Waals surface area contributed by atoms with Crippen molar-refractivity contribution in [3.05, 3.63) is 50.9 Å². The van der Waals surface area contributed by atoms with Crippen LogP contribution in [0.3, 0.4) is 0 Å². The van der Waals surface area contributed by atoms with Crippen LogP contribution in [-0.4, -0.2) is 9.97 Å². The molecule has 18 heavy (non-hydrogen) atoms. The minimum absolute atomic E-state index is 0.211. The van der Waals surface area contributed by atoms with E-state index in [4.69, 9.17) is 16.9 Å². The second-order valence-corrected chi connectivity index (χ2v) is 5.01. The Kier molecular flexibility index (Phi) is 3.70. The number of aromatic nitrogens is 2. The summed E-state index contributed by atoms with van der Waals surface area (Å²) in [7, 11) is 0. The number of halogens is 1. The van der Waals surface area contributed by atoms with E-state index in [-0.39, 0.29) is 5.56 Å². The number of rotatable bonds is 2. The van der Waals surface area contributed by atoms with Crippen LogP contribution in [0.5, 0.6) is 0 Å². The van der Waals surface area contributed by atoms with Crippen LogP contribution in [0.4, 0.5) is 0 Å². The third-order valence-corrected chi connectivity index (χ3v) is 3.31. The quantitative estimate of drug-likeness (QED) is 0.857. The minimum atomic E-state index is -0.211. The zero-order chi connectivity index (χ0) is 13.1. The number of nitrogens with one attached hydrogen (secondary N) is 1. The molecule has 0 bridgehead atoms. The monoisotopic (exact) mass is 277 g/mol. The van der Waals surface area contributed by atoms with E-state index in [1.165, 1.54) is 17.8 Å². The minimum Gasteiger partial charge on any atom is -0.301 e. The molecule has 90 valence electrons. The van der Waals surface area contributed by atoms with Gasteiger partial charge in [0.25, 0.3) is 5.56 Å². The molecule has 0 unspecified atom stereocenters. The SMILES string of the molecule is Cc1cc(=O)[nH]c(Sc2ccc(Cl)cc2C#N)n1. The van der Waals surface area contributed by atoms with E-state index in [2.05, 4.69) is 16.0 Å². The lowest BCUT2D eigenvalue weighted by molar-refractivity contribution is 0.905. The van der Waals surface area contributed by atoms with Crippen LogP contribution >= 0.6 is 23.4 Å². The van der Waals surface area contributed by atoms with Crippen molar-refractivity contribution in [1.82, 2.24) is 9.97 Å². The fourth-order valence-corrected chi connectivity index (χ4v) is 2.45. The molecule has 0 aliphatic rings. The van der Waals surface area contributed by atoms with Crippen molar-refractivity contribution in [2.24, 2.45) is 0 Å². The molecule has 1 N–H and O–H groups in total. The summed E-state index contributed by atoms with van der Waals surface area (Å²) in [5.41, 5.74) is 0.878. The Labute approximate surface area is 113 Å². The predicted octanol–water partition coefficient (Wildman–Crippen LogP) is 2.75. The molecule has 0 fully saturated rings. The lowest BCUT2D eigenvalue weighted by Crippen LogP contribution is -2.07. The molecule has 0 atom stereocenters. The van der Waals surface area contributed by atoms with Gasteiger partial charge in [0.2, 0.25) is 0 Å². The number of nitrogens with zero attached hydrogens (tertiary/aromatic N) is 2. The summed E-state index contributed by atoms with van der Waals surface area (Å²) >= 11 is 7.04. The first-order valence-electron chi connectivity index (χ1n) is 5.04. The molecule has 0 aliphatic carbocycles. The van der Waals surface area contributed by atoms with Crippen molar-refractivity contribution in [3.63, 3.8) is 0 Å². The van der Waals surface area contributed by atoms with E-state index in [1.807, 2.05) is 0 Å². The molecule has 0 radical (unpaired) electrons. The molecule has 1 aromatic heterocycles. The maximum atomic E-state index is 11.3. The van der Waals surface area contributed by atoms with E-state index in [1.54, 1.807) is 25.1 Å². The molecular weight excluding hydrogens is 270 g/mol. The zero-order valence-corrected chi connectivity index (χ0v) is 11.0. The molecule has 6 heteroatoms. The van der Waals surface area contributed by atoms with E-state index >= 15 is 0 Å². The highest BCUT2D eigenvalue weighted by atomic mass is 35.5. The van der Waals surface area contributed by atoms with Gasteiger partial charge in [0, 0.05) is 21.7 Å². The number of hydrogen-bond acceptors (Lipinski definition) is 4. The van der Waals surface area contributed by atoms with Gasteiger partial charge >= 0.3 is 0 Å². The van der Waals surface area contributed by atoms with E-state index in [0.29, 0.717) is 26.3 Å². The van der Waals surface area contributed by atoms with Gasteiger partial charge in [0.1, 0.15) is 6.07 Å². The largest absolute Gasteiger partial charge is 0.301 e. The van der Waals surface area contributed by atoms with Crippen LogP contribution in [-0.2, 0) is 0 Å². The van der Waals surface area contributed by atoms with Gasteiger partial charge in [-0.2, -0.15) is 5.26 Å². The Hall–Kier alpha value is -1.77. The van der Waals surface area contributed by atoms with Gasteiger partial charge in [-0.25, -0.2) is 4.98 Å². The number of H-pyrrole nitrogens is 1. The number of hydrogen-bond donors (Lipinski definition) is 1. The highest BCUT2D eigenvalue weighted by molar-refractivity contribution is 7.99. The average Bonchev–Trinajstić information content (AvgIpc) is 2.30. The second-order valence-electron chi connectivity index (χ2n) is 3.55. The molecular formula is C12H8ClN3OS. The van der Waals surface area contributed by atoms with Crippen molar-refractivity contribution in [3.8, 4) is 6.07 Å². The number of benzene rings is 1. The van der Waals surface area contributed by atoms with Crippen LogP contribution in [0.2, 0.25) is 5.02 Å². The summed E-state index contributed by atoms with van der Waals surface area (Å²) in [5.74, 6) is 0. The summed E-state index contributed by atoms with van der Waals surface area (Å²) in [6.07, 6.45) is 0. The van der Waals surface area contributed by atoms with E-state index < -0.39 is 0 Å². The Morgan fingerprint density at radius 3 is 2.89 bits per heavy atom. The van der Waals surface area contributed by atoms with Crippen LogP contribution < -0.4 is 5.56 Å². The molecule has 1 heterocycles. The molecule has 0 aliphatic heterocycles. The highest BCUT2D eigenvalue weighted by Crippen LogP contribution is 2.29. The Morgan fingerprint density at radius 1 is 1.44 bits per heavy atom. The molecule has 0 saturated carbocycles. The topological polar surface area (TPSA) is 69.5 Å². The first kappa shape index (κ1) is 12.7. The van der Waals surface area contributed by atoms with Crippen molar-refractivity contribution >= 4 is 23.4 Å². The van der Waals surface area contributed by atoms with Gasteiger partial charge in [-0.05, 0) is 25.1 Å². The fourth-order valence-electron chi connectivity index (χ4n) is 1.38. The Morgan fingerprint density at radius 2 is 2.22 bits per heavy atom. The first-order valence-corrected chi connectivity index (χ1v) is 6.23. The van der Waals surface area contributed by atoms with Crippen LogP contribution in [0.1, 0.15) is 11.3 Å². The zero-order valence-electron chi connectivity index (χ0n) is 9.40. The van der Waals surface area contributed by atoms with Crippen LogP contribution in [0.15, 0.2) is 39.1 Å². The molecule has 0 saturated heterocycles. The molecule has 2 aromatic rings. The average molecular weight is 278 g/mol. The normalized spacial score (nSPS) is 10.1. The number of nitriles is 1. The van der Waals surface area contributed by atoms with Crippen LogP contribution in [0.25, 0.3) is 0 Å². The Bertz CT molecular complexity index is 690. The van der Waals surface area contributed by atoms with Crippen molar-refractivity contribution in [1.29, 1.82) is 5.26 Å². The predicted molar refractivity (Wildman–Crippen MR) is 69.9 cm³/mol. The van der Waals surface area contributed by atoms with Crippen molar-refractivity contribution in [2.45, 2.75) is 17.0 Å². The smallest absolute Gasteiger partial charge is 0.251 e. The number of aryl methyl sites for hydroxylation is 1. The van der Waals surface area contributed by atoms with Gasteiger partial charge in [-0.3, -0.25) is 4.79 Å². The molecule has 1 aromatic carbocycles. The van der Waals surface area contributed by atoms with Gasteiger partial charge in [0.15, 0.2) is 5.16 Å². The van der Waals surface area contributed by atoms with Crippen molar-refractivity contribution in [2.75, 3.05) is 0 Å². The van der Waals surface area contributed by atoms with Crippen LogP contribution in [0, 0.1) is 18.3 Å². The molecule has 0 amide bonds. The summed E-state index contributed by atoms with van der Waals surface area (Å²) in [5, 5.41) is 9.97. The molecule has 2 rings (SSSR count). The highest BCUT2D eigenvalue weighted by Gasteiger charge is 2.07. The Balaban J connectivity index is 2.40. The first-order chi connectivity index (χ1) is 8.58. The van der Waals surface area contributed by atoms with Crippen molar-refractivity contribution < 1.29 is 0 Å². The summed E-state index contributed by atoms with van der Waals surface area (Å²) < 4.78 is 0. The maximum Gasteiger partial charge on any atom is 0.251 e. The summed E-state index contributed by atoms with van der Waals surface area (Å²) in [6, 6.07) is 8.48. The second kappa shape index (κ2) is 5.25. The lowest BCUT2D eigenvalue weighted by atomic mass is 10.2. The molecule has 4 nitrogen and oxygen atoms in total. The van der Waals surface area contributed by atoms with E-state index in [0.717, 1.165) is 0 Å². The molecule has 0 spiro atoms. The summed E-state index contributed by atoms with van der Waals surface area (Å²) in [4.78, 5) is 18.8. The summed E-state index contributed by atoms with van der Waals surface area (Å²) in [6.45, 7) is 1.74. The van der Waals surface area contributed by atoms with Gasteiger partial charge < -0.3 is 4.98 Å². The van der Waals surface area contributed by atoms with Gasteiger partial charge in [-0.15, -0.1) is 0 Å². The van der Waals surface area contributed by atoms with Gasteiger partial charge in [0.05, 0.1) is 5.56 Å². The maximum absolute atomic E-state index is 11.3. The third kappa shape index (κ3) is 2.92. The third-order valence-electron chi connectivity index (χ3n) is 2.12. The standard InChI is InChI=1S/C12H8ClN3OS/c1-7-4-11(17)16-12(15-7)18-10-3-2-9(13)5-8(10)6-14/h2-5H,1H3,(H,15,16,17). The van der Waals surface area contributed by atoms with E-state index in [9.17, 15) is 4.79 Å². The fraction of sp³-hybridized carbons (Fsp3) is 0.0833.